The summed E-state index contributed by atoms with van der Waals surface area (Å²) in [5, 5.41) is 3.17. The van der Waals surface area contributed by atoms with Crippen LogP contribution in [0.2, 0.25) is 5.02 Å². The van der Waals surface area contributed by atoms with E-state index < -0.39 is 5.82 Å². The molecule has 3 N–H and O–H groups in total. The van der Waals surface area contributed by atoms with E-state index in [0.717, 1.165) is 4.88 Å². The molecule has 2 aromatic heterocycles. The highest BCUT2D eigenvalue weighted by Gasteiger charge is 2.21. The summed E-state index contributed by atoms with van der Waals surface area (Å²) >= 11 is 7.56. The van der Waals surface area contributed by atoms with Crippen LogP contribution in [-0.2, 0) is 0 Å². The predicted octanol–water partition coefficient (Wildman–Crippen LogP) is 3.84. The molecule has 0 amide bonds. The van der Waals surface area contributed by atoms with Crippen LogP contribution in [0.3, 0.4) is 0 Å². The highest BCUT2D eigenvalue weighted by atomic mass is 35.5. The topological polar surface area (TPSA) is 51.2 Å². The molecule has 2 heterocycles. The third-order valence-corrected chi connectivity index (χ3v) is 4.30. The number of thiophene rings is 1. The zero-order valence-corrected chi connectivity index (χ0v) is 11.3. The number of halogens is 2. The first kappa shape index (κ1) is 12.6. The van der Waals surface area contributed by atoms with Gasteiger partial charge in [0.2, 0.25) is 0 Å². The van der Waals surface area contributed by atoms with Gasteiger partial charge in [0, 0.05) is 10.3 Å². The summed E-state index contributed by atoms with van der Waals surface area (Å²) < 4.78 is 19.2. The average Bonchev–Trinajstić information content (AvgIpc) is 2.99. The molecule has 1 aromatic carbocycles. The number of benzene rings is 1. The molecule has 0 fully saturated rings. The molecule has 6 heteroatoms. The molecule has 1 unspecified atom stereocenters. The molecule has 0 spiro atoms. The van der Waals surface area contributed by atoms with Crippen LogP contribution < -0.4 is 11.3 Å². The lowest BCUT2D eigenvalue weighted by atomic mass is 10.1. The third kappa shape index (κ3) is 2.15. The minimum atomic E-state index is -0.392. The van der Waals surface area contributed by atoms with Gasteiger partial charge in [0.15, 0.2) is 11.4 Å². The first-order chi connectivity index (χ1) is 9.20. The maximum absolute atomic E-state index is 13.6. The van der Waals surface area contributed by atoms with Crippen LogP contribution in [-0.4, -0.2) is 0 Å². The molecule has 0 aliphatic heterocycles. The molecule has 1 atom stereocenters. The van der Waals surface area contributed by atoms with E-state index in [0.29, 0.717) is 16.2 Å². The molecule has 3 rings (SSSR count). The fourth-order valence-electron chi connectivity index (χ4n) is 1.99. The van der Waals surface area contributed by atoms with Crippen LogP contribution in [0.4, 0.5) is 4.39 Å². The molecule has 0 radical (unpaired) electrons. The fourth-order valence-corrected chi connectivity index (χ4v) is 3.22. The van der Waals surface area contributed by atoms with Crippen LogP contribution in [0.25, 0.3) is 11.0 Å². The summed E-state index contributed by atoms with van der Waals surface area (Å²) in [5.41, 5.74) is 2.88. The van der Waals surface area contributed by atoms with Crippen molar-refractivity contribution < 1.29 is 8.81 Å². The SMILES string of the molecule is NNC(c1cc2cccc(F)c2o1)c1sccc1Cl. The molecular weight excluding hydrogens is 287 g/mol. The van der Waals surface area contributed by atoms with Crippen molar-refractivity contribution in [1.29, 1.82) is 0 Å². The molecule has 0 saturated carbocycles. The van der Waals surface area contributed by atoms with Gasteiger partial charge in [-0.15, -0.1) is 11.3 Å². The third-order valence-electron chi connectivity index (χ3n) is 2.87. The van der Waals surface area contributed by atoms with E-state index in [4.69, 9.17) is 21.9 Å². The first-order valence-corrected chi connectivity index (χ1v) is 6.83. The number of hydrogen-bond acceptors (Lipinski definition) is 4. The van der Waals surface area contributed by atoms with Crippen LogP contribution in [0.5, 0.6) is 0 Å². The minimum Gasteiger partial charge on any atom is -0.456 e. The van der Waals surface area contributed by atoms with E-state index in [-0.39, 0.29) is 11.6 Å². The lowest BCUT2D eigenvalue weighted by molar-refractivity contribution is 0.468. The van der Waals surface area contributed by atoms with Crippen molar-refractivity contribution in [2.45, 2.75) is 6.04 Å². The number of nitrogens with two attached hydrogens (primary N) is 1. The van der Waals surface area contributed by atoms with Gasteiger partial charge in [-0.05, 0) is 23.6 Å². The average molecular weight is 297 g/mol. The molecule has 0 aliphatic rings. The molecule has 3 aromatic rings. The maximum atomic E-state index is 13.6. The molecule has 0 saturated heterocycles. The number of nitrogens with one attached hydrogen (secondary N) is 1. The van der Waals surface area contributed by atoms with Crippen molar-refractivity contribution in [2.75, 3.05) is 0 Å². The van der Waals surface area contributed by atoms with Gasteiger partial charge in [-0.2, -0.15) is 0 Å². The van der Waals surface area contributed by atoms with E-state index in [2.05, 4.69) is 5.43 Å². The predicted molar refractivity (Wildman–Crippen MR) is 74.7 cm³/mol. The number of rotatable bonds is 3. The van der Waals surface area contributed by atoms with Crippen LogP contribution in [0, 0.1) is 5.82 Å². The Morgan fingerprint density at radius 1 is 1.37 bits per heavy atom. The first-order valence-electron chi connectivity index (χ1n) is 5.57. The van der Waals surface area contributed by atoms with Crippen LogP contribution in [0.15, 0.2) is 40.1 Å². The summed E-state index contributed by atoms with van der Waals surface area (Å²) in [4.78, 5) is 0.837. The second kappa shape index (κ2) is 4.94. The number of fused-ring (bicyclic) bond motifs is 1. The summed E-state index contributed by atoms with van der Waals surface area (Å²) in [6.45, 7) is 0. The Bertz CT molecular complexity index is 724. The van der Waals surface area contributed by atoms with Gasteiger partial charge in [0.25, 0.3) is 0 Å². The zero-order valence-electron chi connectivity index (χ0n) is 9.69. The van der Waals surface area contributed by atoms with E-state index in [1.54, 1.807) is 24.3 Å². The van der Waals surface area contributed by atoms with Crippen molar-refractivity contribution in [3.05, 3.63) is 57.2 Å². The zero-order chi connectivity index (χ0) is 13.4. The smallest absolute Gasteiger partial charge is 0.169 e. The van der Waals surface area contributed by atoms with Gasteiger partial charge in [-0.1, -0.05) is 23.7 Å². The standard InChI is InChI=1S/C13H10ClFN2OS/c14-8-4-5-19-13(8)11(17-16)10-6-7-2-1-3-9(15)12(7)18-10/h1-6,11,17H,16H2. The van der Waals surface area contributed by atoms with Crippen molar-refractivity contribution in [3.63, 3.8) is 0 Å². The van der Waals surface area contributed by atoms with Gasteiger partial charge >= 0.3 is 0 Å². The Balaban J connectivity index is 2.12. The molecule has 19 heavy (non-hydrogen) atoms. The number of hydrazine groups is 1. The monoisotopic (exact) mass is 296 g/mol. The van der Waals surface area contributed by atoms with Gasteiger partial charge in [-0.3, -0.25) is 5.84 Å². The van der Waals surface area contributed by atoms with Crippen molar-refractivity contribution in [1.82, 2.24) is 5.43 Å². The molecule has 0 aliphatic carbocycles. The quantitative estimate of drug-likeness (QED) is 0.570. The Labute approximate surface area is 117 Å². The van der Waals surface area contributed by atoms with Crippen LogP contribution in [0.1, 0.15) is 16.7 Å². The highest BCUT2D eigenvalue weighted by Crippen LogP contribution is 2.35. The van der Waals surface area contributed by atoms with Gasteiger partial charge in [0.1, 0.15) is 11.8 Å². The second-order valence-corrected chi connectivity index (χ2v) is 5.39. The van der Waals surface area contributed by atoms with Crippen molar-refractivity contribution >= 4 is 33.9 Å². The Morgan fingerprint density at radius 2 is 2.21 bits per heavy atom. The highest BCUT2D eigenvalue weighted by molar-refractivity contribution is 7.10. The summed E-state index contributed by atoms with van der Waals surface area (Å²) in [5.74, 6) is 5.71. The van der Waals surface area contributed by atoms with Crippen molar-refractivity contribution in [2.24, 2.45) is 5.84 Å². The van der Waals surface area contributed by atoms with Gasteiger partial charge in [0.05, 0.1) is 5.02 Å². The largest absolute Gasteiger partial charge is 0.456 e. The summed E-state index contributed by atoms with van der Waals surface area (Å²) in [7, 11) is 0. The lowest BCUT2D eigenvalue weighted by Gasteiger charge is -2.11. The molecule has 98 valence electrons. The Morgan fingerprint density at radius 3 is 2.84 bits per heavy atom. The summed E-state index contributed by atoms with van der Waals surface area (Å²) in [6.07, 6.45) is 0. The fraction of sp³-hybridized carbons (Fsp3) is 0.0769. The Hall–Kier alpha value is -1.40. The van der Waals surface area contributed by atoms with Gasteiger partial charge < -0.3 is 4.42 Å². The minimum absolute atomic E-state index is 0.227. The van der Waals surface area contributed by atoms with E-state index in [9.17, 15) is 4.39 Å². The maximum Gasteiger partial charge on any atom is 0.169 e. The molecule has 3 nitrogen and oxygen atoms in total. The normalized spacial score (nSPS) is 13.0. The number of para-hydroxylation sites is 1. The van der Waals surface area contributed by atoms with E-state index >= 15 is 0 Å². The Kier molecular flexibility index (Phi) is 3.28. The van der Waals surface area contributed by atoms with Crippen LogP contribution >= 0.6 is 22.9 Å². The number of furan rings is 1. The molecule has 0 bridgehead atoms. The van der Waals surface area contributed by atoms with Crippen molar-refractivity contribution in [3.8, 4) is 0 Å². The summed E-state index contributed by atoms with van der Waals surface area (Å²) in [6, 6.07) is 7.95. The van der Waals surface area contributed by atoms with E-state index in [1.165, 1.54) is 17.4 Å². The molecular formula is C13H10ClFN2OS. The van der Waals surface area contributed by atoms with Gasteiger partial charge in [-0.25, -0.2) is 9.82 Å². The number of hydrogen-bond donors (Lipinski definition) is 2. The lowest BCUT2D eigenvalue weighted by Crippen LogP contribution is -2.28. The second-order valence-electron chi connectivity index (χ2n) is 4.04. The van der Waals surface area contributed by atoms with E-state index in [1.807, 2.05) is 5.38 Å².